The molecule has 2 heteroatoms. The highest BCUT2D eigenvalue weighted by Gasteiger charge is 2.23. The van der Waals surface area contributed by atoms with Gasteiger partial charge in [0.1, 0.15) is 22.3 Å². The van der Waals surface area contributed by atoms with Gasteiger partial charge in [-0.1, -0.05) is 237 Å². The van der Waals surface area contributed by atoms with E-state index >= 15 is 0 Å². The quantitative estimate of drug-likeness (QED) is 0.149. The molecule has 2 nitrogen and oxygen atoms in total. The summed E-state index contributed by atoms with van der Waals surface area (Å²) >= 11 is 0. The summed E-state index contributed by atoms with van der Waals surface area (Å²) in [5, 5.41) is 14.3. The van der Waals surface area contributed by atoms with Crippen LogP contribution in [0.4, 0.5) is 0 Å². The Kier molecular flexibility index (Phi) is 9.36. The molecule has 0 atom stereocenters. The third-order valence-electron chi connectivity index (χ3n) is 15.4. The van der Waals surface area contributed by atoms with Gasteiger partial charge in [-0.2, -0.15) is 0 Å². The molecule has 0 saturated carbocycles. The highest BCUT2D eigenvalue weighted by atomic mass is 16.3. The number of benzene rings is 13. The molecule has 2 aromatic heterocycles. The summed E-state index contributed by atoms with van der Waals surface area (Å²) in [6.45, 7) is 0. The fourth-order valence-corrected chi connectivity index (χ4v) is 11.8. The van der Waals surface area contributed by atoms with Gasteiger partial charge < -0.3 is 8.83 Å². The largest absolute Gasteiger partial charge is 0.455 e. The molecule has 0 radical (unpaired) electrons. The van der Waals surface area contributed by atoms with Crippen LogP contribution in [-0.4, -0.2) is 0 Å². The van der Waals surface area contributed by atoms with Crippen molar-refractivity contribution < 1.29 is 8.83 Å². The van der Waals surface area contributed by atoms with Crippen molar-refractivity contribution in [2.45, 2.75) is 5.92 Å². The number of hydrogen-bond donors (Lipinski definition) is 0. The fraction of sp³-hybridized carbons (Fsp3) is 0.0141. The maximum absolute atomic E-state index is 6.87. The first-order chi connectivity index (χ1) is 36.2. The molecule has 0 saturated heterocycles. The van der Waals surface area contributed by atoms with E-state index in [4.69, 9.17) is 8.83 Å². The van der Waals surface area contributed by atoms with Crippen molar-refractivity contribution >= 4 is 87.0 Å². The molecule has 0 N–H and O–H groups in total. The smallest absolute Gasteiger partial charge is 0.143 e. The highest BCUT2D eigenvalue weighted by molar-refractivity contribution is 6.30. The van der Waals surface area contributed by atoms with Crippen LogP contribution in [0.2, 0.25) is 0 Å². The summed E-state index contributed by atoms with van der Waals surface area (Å²) in [6, 6.07) is 94.9. The Labute approximate surface area is 421 Å². The van der Waals surface area contributed by atoms with Gasteiger partial charge in [-0.25, -0.2) is 0 Å². The summed E-state index contributed by atoms with van der Waals surface area (Å²) in [5.74, 6) is -0.0408. The van der Waals surface area contributed by atoms with E-state index in [9.17, 15) is 0 Å². The predicted octanol–water partition coefficient (Wildman–Crippen LogP) is 19.9. The zero-order valence-electron chi connectivity index (χ0n) is 39.7. The molecule has 13 aromatic carbocycles. The molecule has 0 aliphatic carbocycles. The fourth-order valence-electron chi connectivity index (χ4n) is 11.8. The predicted molar refractivity (Wildman–Crippen MR) is 307 cm³/mol. The van der Waals surface area contributed by atoms with Gasteiger partial charge in [-0.15, -0.1) is 0 Å². The Morgan fingerprint density at radius 3 is 0.959 bits per heavy atom. The van der Waals surface area contributed by atoms with E-state index in [2.05, 4.69) is 261 Å². The highest BCUT2D eigenvalue weighted by Crippen LogP contribution is 2.46. The van der Waals surface area contributed by atoms with Gasteiger partial charge in [0.2, 0.25) is 0 Å². The van der Waals surface area contributed by atoms with Crippen LogP contribution in [0.5, 0.6) is 0 Å². The van der Waals surface area contributed by atoms with E-state index in [1.54, 1.807) is 0 Å². The molecule has 15 aromatic rings. The van der Waals surface area contributed by atoms with Crippen LogP contribution in [0.15, 0.2) is 270 Å². The second-order valence-electron chi connectivity index (χ2n) is 19.5. The molecule has 2 heterocycles. The van der Waals surface area contributed by atoms with Crippen LogP contribution in [0.25, 0.3) is 131 Å². The average Bonchev–Trinajstić information content (AvgIpc) is 4.07. The third kappa shape index (κ3) is 6.72. The summed E-state index contributed by atoms with van der Waals surface area (Å²) in [6.07, 6.45) is 0. The monoisotopic (exact) mass is 928 g/mol. The maximum Gasteiger partial charge on any atom is 0.143 e. The van der Waals surface area contributed by atoms with E-state index < -0.39 is 0 Å². The molecule has 15 rings (SSSR count). The Bertz CT molecular complexity index is 4380. The molecular weight excluding hydrogens is 885 g/mol. The third-order valence-corrected chi connectivity index (χ3v) is 15.4. The van der Waals surface area contributed by atoms with E-state index in [1.807, 2.05) is 0 Å². The number of hydrogen-bond acceptors (Lipinski definition) is 2. The zero-order valence-corrected chi connectivity index (χ0v) is 39.7. The van der Waals surface area contributed by atoms with Crippen molar-refractivity contribution in [1.82, 2.24) is 0 Å². The minimum Gasteiger partial charge on any atom is -0.455 e. The molecule has 0 amide bonds. The molecule has 0 unspecified atom stereocenters. The molecule has 0 spiro atoms. The topological polar surface area (TPSA) is 26.3 Å². The van der Waals surface area contributed by atoms with E-state index in [0.29, 0.717) is 0 Å². The van der Waals surface area contributed by atoms with Crippen molar-refractivity contribution in [2.24, 2.45) is 0 Å². The van der Waals surface area contributed by atoms with Crippen molar-refractivity contribution in [1.29, 1.82) is 0 Å². The van der Waals surface area contributed by atoms with Gasteiger partial charge in [0.25, 0.3) is 0 Å². The van der Waals surface area contributed by atoms with Crippen LogP contribution in [0.1, 0.15) is 22.6 Å². The molecule has 0 aliphatic heterocycles. The minimum atomic E-state index is -0.0408. The maximum atomic E-state index is 6.87. The molecular formula is C71H44O2. The van der Waals surface area contributed by atoms with Crippen molar-refractivity contribution in [3.05, 3.63) is 278 Å². The lowest BCUT2D eigenvalue weighted by Crippen LogP contribution is -2.03. The second-order valence-corrected chi connectivity index (χ2v) is 19.5. The normalized spacial score (nSPS) is 12.0. The van der Waals surface area contributed by atoms with Crippen molar-refractivity contribution in [3.8, 4) is 44.5 Å². The van der Waals surface area contributed by atoms with Crippen molar-refractivity contribution in [3.63, 3.8) is 0 Å². The first-order valence-electron chi connectivity index (χ1n) is 25.2. The number of furan rings is 2. The van der Waals surface area contributed by atoms with E-state index in [1.165, 1.54) is 92.8 Å². The molecule has 0 bridgehead atoms. The second kappa shape index (κ2) is 16.6. The lowest BCUT2D eigenvalue weighted by atomic mass is 9.83. The Morgan fingerprint density at radius 2 is 0.548 bits per heavy atom. The van der Waals surface area contributed by atoms with Gasteiger partial charge in [-0.05, 0) is 117 Å². The first-order valence-corrected chi connectivity index (χ1v) is 25.2. The zero-order chi connectivity index (χ0) is 48.0. The summed E-state index contributed by atoms with van der Waals surface area (Å²) in [4.78, 5) is 0. The van der Waals surface area contributed by atoms with E-state index in [0.717, 1.165) is 55.4 Å². The molecule has 0 aliphatic rings. The van der Waals surface area contributed by atoms with E-state index in [-0.39, 0.29) is 5.92 Å². The molecule has 340 valence electrons. The molecule has 73 heavy (non-hydrogen) atoms. The lowest BCUT2D eigenvalue weighted by molar-refractivity contribution is 0.670. The van der Waals surface area contributed by atoms with Crippen LogP contribution in [-0.2, 0) is 0 Å². The number of rotatable bonds is 7. The van der Waals surface area contributed by atoms with Crippen LogP contribution in [0, 0.1) is 0 Å². The van der Waals surface area contributed by atoms with Crippen LogP contribution < -0.4 is 0 Å². The molecule has 0 fully saturated rings. The number of fused-ring (bicyclic) bond motifs is 14. The standard InChI is InChI=1S/C71H44O2/c1-2-12-44(13-3-1)45-22-24-46(25-23-45)47-26-32-52(33-27-47)65(53-34-28-50(29-35-53)61-42-55-16-6-10-20-59(55)68-66-57-18-8-4-14-48(57)38-40-63(66)72-70(61)68)54-36-30-51(31-37-54)62-43-56-17-7-11-21-60(56)69-67-58-19-9-5-15-49(58)39-41-64(67)73-71(62)69/h1-43,65H. The van der Waals surface area contributed by atoms with Gasteiger partial charge >= 0.3 is 0 Å². The first kappa shape index (κ1) is 41.3. The average molecular weight is 929 g/mol. The van der Waals surface area contributed by atoms with Crippen LogP contribution >= 0.6 is 0 Å². The van der Waals surface area contributed by atoms with Gasteiger partial charge in [0, 0.05) is 38.6 Å². The Morgan fingerprint density at radius 1 is 0.233 bits per heavy atom. The Balaban J connectivity index is 0.859. The minimum absolute atomic E-state index is 0.0408. The Hall–Kier alpha value is -9.50. The van der Waals surface area contributed by atoms with Gasteiger partial charge in [-0.3, -0.25) is 0 Å². The SMILES string of the molecule is c1ccc(-c2ccc(-c3ccc(C(c4ccc(-c5cc6ccccc6c6c5oc5ccc7ccccc7c56)cc4)c4ccc(-c5cc6ccccc6c6c5oc5ccc7ccccc7c56)cc4)cc3)cc2)cc1. The van der Waals surface area contributed by atoms with Crippen molar-refractivity contribution in [2.75, 3.05) is 0 Å². The summed E-state index contributed by atoms with van der Waals surface area (Å²) in [7, 11) is 0. The summed E-state index contributed by atoms with van der Waals surface area (Å²) < 4.78 is 13.7. The van der Waals surface area contributed by atoms with Crippen LogP contribution in [0.3, 0.4) is 0 Å². The van der Waals surface area contributed by atoms with Gasteiger partial charge in [0.05, 0.1) is 0 Å². The lowest BCUT2D eigenvalue weighted by Gasteiger charge is -2.20. The van der Waals surface area contributed by atoms with Gasteiger partial charge in [0.15, 0.2) is 0 Å². The summed E-state index contributed by atoms with van der Waals surface area (Å²) in [5.41, 5.74) is 16.5.